The van der Waals surface area contributed by atoms with Crippen LogP contribution in [-0.2, 0) is 27.5 Å². The van der Waals surface area contributed by atoms with E-state index in [1.807, 2.05) is 0 Å². The third-order valence-corrected chi connectivity index (χ3v) is 6.17. The van der Waals surface area contributed by atoms with Crippen molar-refractivity contribution in [2.75, 3.05) is 13.7 Å². The molecule has 0 N–H and O–H groups in total. The molecule has 0 aromatic heterocycles. The van der Waals surface area contributed by atoms with E-state index in [1.54, 1.807) is 6.92 Å². The molecule has 1 aromatic carbocycles. The van der Waals surface area contributed by atoms with Gasteiger partial charge in [-0.05, 0) is 25.0 Å². The minimum atomic E-state index is -4.44. The van der Waals surface area contributed by atoms with Crippen LogP contribution < -0.4 is 0 Å². The van der Waals surface area contributed by atoms with E-state index in [0.717, 1.165) is 16.4 Å². The molecule has 2 rings (SSSR count). The number of halogens is 3. The van der Waals surface area contributed by atoms with Crippen molar-refractivity contribution in [3.05, 3.63) is 35.4 Å². The highest BCUT2D eigenvalue weighted by Crippen LogP contribution is 2.30. The zero-order valence-corrected chi connectivity index (χ0v) is 13.1. The predicted molar refractivity (Wildman–Crippen MR) is 75.6 cm³/mol. The second-order valence-electron chi connectivity index (χ2n) is 5.40. The average molecular weight is 337 g/mol. The lowest BCUT2D eigenvalue weighted by atomic mass is 10.1. The van der Waals surface area contributed by atoms with Crippen LogP contribution in [0.2, 0.25) is 0 Å². The summed E-state index contributed by atoms with van der Waals surface area (Å²) in [5.74, 6) is 0. The van der Waals surface area contributed by atoms with Gasteiger partial charge in [0.15, 0.2) is 0 Å². The van der Waals surface area contributed by atoms with Crippen LogP contribution in [0.25, 0.3) is 0 Å². The van der Waals surface area contributed by atoms with Crippen LogP contribution in [0.4, 0.5) is 13.2 Å². The van der Waals surface area contributed by atoms with Crippen molar-refractivity contribution in [3.63, 3.8) is 0 Å². The van der Waals surface area contributed by atoms with Gasteiger partial charge in [0, 0.05) is 20.2 Å². The van der Waals surface area contributed by atoms with Gasteiger partial charge in [0.2, 0.25) is 10.0 Å². The first kappa shape index (κ1) is 17.2. The molecular weight excluding hydrogens is 319 g/mol. The van der Waals surface area contributed by atoms with Gasteiger partial charge >= 0.3 is 6.18 Å². The van der Waals surface area contributed by atoms with Crippen LogP contribution in [0.15, 0.2) is 24.3 Å². The third-order valence-electron chi connectivity index (χ3n) is 3.78. The zero-order valence-electron chi connectivity index (χ0n) is 12.3. The maximum absolute atomic E-state index is 12.7. The van der Waals surface area contributed by atoms with Crippen molar-refractivity contribution in [3.8, 4) is 0 Å². The number of sulfonamides is 1. The fourth-order valence-electron chi connectivity index (χ4n) is 2.53. The van der Waals surface area contributed by atoms with Crippen molar-refractivity contribution >= 4 is 10.0 Å². The number of ether oxygens (including phenoxy) is 1. The molecule has 2 unspecified atom stereocenters. The lowest BCUT2D eigenvalue weighted by Crippen LogP contribution is -2.39. The topological polar surface area (TPSA) is 46.6 Å². The first-order chi connectivity index (χ1) is 10.1. The maximum atomic E-state index is 12.7. The van der Waals surface area contributed by atoms with E-state index in [-0.39, 0.29) is 6.54 Å². The lowest BCUT2D eigenvalue weighted by Gasteiger charge is -2.23. The molecule has 1 aromatic rings. The Balaban J connectivity index is 2.16. The van der Waals surface area contributed by atoms with Gasteiger partial charge in [0.05, 0.1) is 11.7 Å². The molecule has 0 aliphatic carbocycles. The van der Waals surface area contributed by atoms with E-state index in [2.05, 4.69) is 0 Å². The van der Waals surface area contributed by atoms with Gasteiger partial charge in [0.25, 0.3) is 0 Å². The minimum Gasteiger partial charge on any atom is -0.377 e. The van der Waals surface area contributed by atoms with Crippen molar-refractivity contribution in [1.82, 2.24) is 4.31 Å². The average Bonchev–Trinajstić information content (AvgIpc) is 2.85. The van der Waals surface area contributed by atoms with Gasteiger partial charge in [-0.15, -0.1) is 0 Å². The molecule has 4 nitrogen and oxygen atoms in total. The molecule has 2 atom stereocenters. The Hall–Kier alpha value is -1.12. The van der Waals surface area contributed by atoms with Crippen molar-refractivity contribution in [2.24, 2.45) is 0 Å². The Morgan fingerprint density at radius 2 is 2.05 bits per heavy atom. The molecule has 1 aliphatic heterocycles. The van der Waals surface area contributed by atoms with Crippen LogP contribution in [0, 0.1) is 0 Å². The summed E-state index contributed by atoms with van der Waals surface area (Å²) in [5, 5.41) is -0.650. The van der Waals surface area contributed by atoms with Gasteiger partial charge in [-0.3, -0.25) is 0 Å². The standard InChI is InChI=1S/C14H18F3NO3S/c1-10-13(6-7-21-10)22(19,20)18(2)9-11-4-3-5-12(8-11)14(15,16)17/h3-5,8,10,13H,6-7,9H2,1-2H3. The fourth-order valence-corrected chi connectivity index (χ4v) is 4.28. The third kappa shape index (κ3) is 3.61. The number of hydrogen-bond donors (Lipinski definition) is 0. The van der Waals surface area contributed by atoms with Crippen LogP contribution in [0.5, 0.6) is 0 Å². The Kier molecular flexibility index (Phi) is 4.84. The highest BCUT2D eigenvalue weighted by atomic mass is 32.2. The summed E-state index contributed by atoms with van der Waals surface area (Å²) in [7, 11) is -2.23. The van der Waals surface area contributed by atoms with Crippen molar-refractivity contribution in [2.45, 2.75) is 37.4 Å². The molecule has 0 spiro atoms. The van der Waals surface area contributed by atoms with Crippen LogP contribution >= 0.6 is 0 Å². The summed E-state index contributed by atoms with van der Waals surface area (Å²) >= 11 is 0. The Morgan fingerprint density at radius 3 is 2.59 bits per heavy atom. The van der Waals surface area contributed by atoms with E-state index in [9.17, 15) is 21.6 Å². The summed E-state index contributed by atoms with van der Waals surface area (Å²) in [6.07, 6.45) is -4.45. The van der Waals surface area contributed by atoms with Gasteiger partial charge in [-0.1, -0.05) is 18.2 Å². The van der Waals surface area contributed by atoms with Gasteiger partial charge < -0.3 is 4.74 Å². The molecule has 1 fully saturated rings. The summed E-state index contributed by atoms with van der Waals surface area (Å²) < 4.78 is 69.3. The summed E-state index contributed by atoms with van der Waals surface area (Å²) in [4.78, 5) is 0. The minimum absolute atomic E-state index is 0.102. The maximum Gasteiger partial charge on any atom is 0.416 e. The summed E-state index contributed by atoms with van der Waals surface area (Å²) in [6, 6.07) is 4.70. The van der Waals surface area contributed by atoms with E-state index in [1.165, 1.54) is 19.2 Å². The quantitative estimate of drug-likeness (QED) is 0.849. The number of rotatable bonds is 4. The summed E-state index contributed by atoms with van der Waals surface area (Å²) in [6.45, 7) is 1.96. The number of hydrogen-bond acceptors (Lipinski definition) is 3. The van der Waals surface area contributed by atoms with Crippen LogP contribution in [0.1, 0.15) is 24.5 Å². The normalized spacial score (nSPS) is 23.2. The molecule has 22 heavy (non-hydrogen) atoms. The fraction of sp³-hybridized carbons (Fsp3) is 0.571. The predicted octanol–water partition coefficient (Wildman–Crippen LogP) is 2.64. The summed E-state index contributed by atoms with van der Waals surface area (Å²) in [5.41, 5.74) is -0.485. The van der Waals surface area contributed by atoms with Gasteiger partial charge in [-0.25, -0.2) is 12.7 Å². The van der Waals surface area contributed by atoms with Crippen molar-refractivity contribution in [1.29, 1.82) is 0 Å². The molecule has 1 saturated heterocycles. The molecule has 1 heterocycles. The molecule has 124 valence electrons. The lowest BCUT2D eigenvalue weighted by molar-refractivity contribution is -0.137. The molecule has 1 aliphatic rings. The number of benzene rings is 1. The largest absolute Gasteiger partial charge is 0.416 e. The first-order valence-corrected chi connectivity index (χ1v) is 8.35. The van der Waals surface area contributed by atoms with Gasteiger partial charge in [0.1, 0.15) is 5.25 Å². The second-order valence-corrected chi connectivity index (χ2v) is 7.66. The van der Waals surface area contributed by atoms with E-state index in [0.29, 0.717) is 18.6 Å². The Bertz CT molecular complexity index is 630. The number of nitrogens with zero attached hydrogens (tertiary/aromatic N) is 1. The number of alkyl halides is 3. The highest BCUT2D eigenvalue weighted by Gasteiger charge is 2.38. The molecule has 0 saturated carbocycles. The molecular formula is C14H18F3NO3S. The van der Waals surface area contributed by atoms with Crippen LogP contribution in [-0.4, -0.2) is 37.7 Å². The molecule has 0 bridgehead atoms. The van der Waals surface area contributed by atoms with Gasteiger partial charge in [-0.2, -0.15) is 13.2 Å². The van der Waals surface area contributed by atoms with E-state index in [4.69, 9.17) is 4.74 Å². The zero-order chi connectivity index (χ0) is 16.5. The SMILES string of the molecule is CC1OCCC1S(=O)(=O)N(C)Cc1cccc(C(F)(F)F)c1. The Labute approximate surface area is 127 Å². The van der Waals surface area contributed by atoms with Crippen LogP contribution in [0.3, 0.4) is 0 Å². The molecule has 0 radical (unpaired) electrons. The van der Waals surface area contributed by atoms with E-state index >= 15 is 0 Å². The molecule has 8 heteroatoms. The first-order valence-electron chi connectivity index (χ1n) is 6.85. The molecule has 0 amide bonds. The smallest absolute Gasteiger partial charge is 0.377 e. The second kappa shape index (κ2) is 6.17. The van der Waals surface area contributed by atoms with Crippen molar-refractivity contribution < 1.29 is 26.3 Å². The monoisotopic (exact) mass is 337 g/mol. The Morgan fingerprint density at radius 1 is 1.36 bits per heavy atom. The highest BCUT2D eigenvalue weighted by molar-refractivity contribution is 7.89. The van der Waals surface area contributed by atoms with E-state index < -0.39 is 33.1 Å².